The normalized spacial score (nSPS) is 15.8. The minimum atomic E-state index is 0.322. The molecule has 0 radical (unpaired) electrons. The molecule has 0 aliphatic carbocycles. The van der Waals surface area contributed by atoms with Crippen molar-refractivity contribution < 1.29 is 0 Å². The molecular weight excluding hydrogens is 182 g/mol. The fourth-order valence-electron chi connectivity index (χ4n) is 0.662. The second-order valence-corrected chi connectivity index (χ2v) is 3.55. The van der Waals surface area contributed by atoms with Crippen LogP contribution in [0.2, 0.25) is 0 Å². The van der Waals surface area contributed by atoms with Gasteiger partial charge in [-0.15, -0.1) is 0 Å². The molecule has 0 aromatic heterocycles. The number of hydrogen-bond donors (Lipinski definition) is 0. The average molecular weight is 200 g/mol. The lowest BCUT2D eigenvalue weighted by atomic mass is 10.1. The maximum atomic E-state index is 5.99. The predicted molar refractivity (Wildman–Crippen MR) is 61.3 cm³/mol. The molecule has 13 heavy (non-hydrogen) atoms. The second kappa shape index (κ2) is 5.98. The predicted octanol–water partition coefficient (Wildman–Crippen LogP) is 4.15. The molecule has 0 N–H and O–H groups in total. The van der Waals surface area contributed by atoms with E-state index in [0.717, 1.165) is 17.7 Å². The zero-order valence-corrected chi connectivity index (χ0v) is 9.65. The summed E-state index contributed by atoms with van der Waals surface area (Å²) in [6.45, 7) is 11.9. The highest BCUT2D eigenvalue weighted by Gasteiger charge is 2.05. The van der Waals surface area contributed by atoms with Crippen LogP contribution in [-0.4, -0.2) is 5.17 Å². The molecule has 0 amide bonds. The Morgan fingerprint density at radius 2 is 2.15 bits per heavy atom. The highest BCUT2D eigenvalue weighted by atomic mass is 35.5. The van der Waals surface area contributed by atoms with Crippen LogP contribution in [0.3, 0.4) is 0 Å². The van der Waals surface area contributed by atoms with Gasteiger partial charge in [-0.05, 0) is 25.8 Å². The molecule has 0 heterocycles. The van der Waals surface area contributed by atoms with E-state index < -0.39 is 0 Å². The first kappa shape index (κ1) is 12.4. The Morgan fingerprint density at radius 1 is 1.62 bits per heavy atom. The van der Waals surface area contributed by atoms with Crippen LogP contribution in [0.1, 0.15) is 34.1 Å². The zero-order valence-electron chi connectivity index (χ0n) is 8.89. The molecule has 1 nitrogen and oxygen atoms in total. The number of hydrogen-bond acceptors (Lipinski definition) is 1. The van der Waals surface area contributed by atoms with Crippen molar-refractivity contribution in [2.45, 2.75) is 34.1 Å². The van der Waals surface area contributed by atoms with Gasteiger partial charge in [0, 0.05) is 5.92 Å². The van der Waals surface area contributed by atoms with Crippen LogP contribution >= 0.6 is 11.6 Å². The molecule has 0 rings (SSSR count). The van der Waals surface area contributed by atoms with Gasteiger partial charge in [0.2, 0.25) is 0 Å². The third-order valence-electron chi connectivity index (χ3n) is 2.15. The van der Waals surface area contributed by atoms with E-state index in [1.807, 2.05) is 19.9 Å². The van der Waals surface area contributed by atoms with Crippen molar-refractivity contribution in [3.8, 4) is 0 Å². The summed E-state index contributed by atoms with van der Waals surface area (Å²) < 4.78 is 0. The molecule has 74 valence electrons. The summed E-state index contributed by atoms with van der Waals surface area (Å²) >= 11 is 5.99. The van der Waals surface area contributed by atoms with E-state index in [1.54, 1.807) is 0 Å². The third kappa shape index (κ3) is 4.28. The van der Waals surface area contributed by atoms with Crippen molar-refractivity contribution in [2.24, 2.45) is 10.9 Å². The fourth-order valence-corrected chi connectivity index (χ4v) is 0.919. The van der Waals surface area contributed by atoms with Gasteiger partial charge in [0.1, 0.15) is 5.17 Å². The highest BCUT2D eigenvalue weighted by Crippen LogP contribution is 2.14. The lowest BCUT2D eigenvalue weighted by molar-refractivity contribution is 0.748. The minimum absolute atomic E-state index is 0.322. The van der Waals surface area contributed by atoms with Crippen LogP contribution in [0, 0.1) is 5.92 Å². The standard InChI is InChI=1S/C11H18ClN/c1-6-8(3)10(5)13-11(12)9(4)7-2/h6,9H,5,7H2,1-4H3/b8-6-,13-11?. The number of aliphatic imine (C=N–C) groups is 1. The van der Waals surface area contributed by atoms with Gasteiger partial charge < -0.3 is 0 Å². The maximum absolute atomic E-state index is 5.99. The molecule has 1 atom stereocenters. The van der Waals surface area contributed by atoms with Crippen LogP contribution in [-0.2, 0) is 0 Å². The number of nitrogens with zero attached hydrogens (tertiary/aromatic N) is 1. The lowest BCUT2D eigenvalue weighted by Crippen LogP contribution is -2.02. The van der Waals surface area contributed by atoms with Gasteiger partial charge in [-0.25, -0.2) is 4.99 Å². The summed E-state index contributed by atoms with van der Waals surface area (Å²) in [4.78, 5) is 4.24. The lowest BCUT2D eigenvalue weighted by Gasteiger charge is -2.06. The summed E-state index contributed by atoms with van der Waals surface area (Å²) in [6.07, 6.45) is 2.98. The first-order valence-electron chi connectivity index (χ1n) is 4.59. The molecule has 0 saturated heterocycles. The Kier molecular flexibility index (Phi) is 5.72. The van der Waals surface area contributed by atoms with Crippen molar-refractivity contribution in [3.05, 3.63) is 23.9 Å². The van der Waals surface area contributed by atoms with Crippen molar-refractivity contribution in [1.29, 1.82) is 0 Å². The molecule has 0 aliphatic heterocycles. The van der Waals surface area contributed by atoms with E-state index >= 15 is 0 Å². The van der Waals surface area contributed by atoms with Crippen molar-refractivity contribution in [1.82, 2.24) is 0 Å². The van der Waals surface area contributed by atoms with Gasteiger partial charge in [-0.2, -0.15) is 0 Å². The average Bonchev–Trinajstić information content (AvgIpc) is 2.14. The van der Waals surface area contributed by atoms with Crippen molar-refractivity contribution in [2.75, 3.05) is 0 Å². The zero-order chi connectivity index (χ0) is 10.4. The Bertz CT molecular complexity index is 238. The Balaban J connectivity index is 4.48. The fraction of sp³-hybridized carbons (Fsp3) is 0.545. The molecule has 0 fully saturated rings. The molecular formula is C11H18ClN. The van der Waals surface area contributed by atoms with Gasteiger partial charge in [-0.1, -0.05) is 38.1 Å². The summed E-state index contributed by atoms with van der Waals surface area (Å²) in [5, 5.41) is 0.647. The quantitative estimate of drug-likeness (QED) is 0.477. The van der Waals surface area contributed by atoms with Gasteiger partial charge >= 0.3 is 0 Å². The first-order chi connectivity index (χ1) is 6.02. The Labute approximate surface area is 86.2 Å². The largest absolute Gasteiger partial charge is 0.241 e. The van der Waals surface area contributed by atoms with E-state index in [9.17, 15) is 0 Å². The number of allylic oxidation sites excluding steroid dienone is 2. The van der Waals surface area contributed by atoms with Gasteiger partial charge in [0.15, 0.2) is 0 Å². The van der Waals surface area contributed by atoms with Crippen LogP contribution in [0.25, 0.3) is 0 Å². The monoisotopic (exact) mass is 199 g/mol. The first-order valence-corrected chi connectivity index (χ1v) is 4.97. The highest BCUT2D eigenvalue weighted by molar-refractivity contribution is 6.66. The SMILES string of the molecule is C=C(N=C(Cl)C(C)CC)/C(C)=C\C. The van der Waals surface area contributed by atoms with Gasteiger partial charge in [-0.3, -0.25) is 0 Å². The molecule has 2 heteroatoms. The molecule has 0 saturated carbocycles. The molecule has 0 aromatic carbocycles. The van der Waals surface area contributed by atoms with Gasteiger partial charge in [0.05, 0.1) is 5.70 Å². The topological polar surface area (TPSA) is 12.4 Å². The van der Waals surface area contributed by atoms with E-state index in [0.29, 0.717) is 11.1 Å². The van der Waals surface area contributed by atoms with E-state index in [-0.39, 0.29) is 0 Å². The molecule has 0 aliphatic rings. The molecule has 0 aromatic rings. The van der Waals surface area contributed by atoms with Crippen LogP contribution in [0.4, 0.5) is 0 Å². The summed E-state index contributed by atoms with van der Waals surface area (Å²) in [7, 11) is 0. The third-order valence-corrected chi connectivity index (χ3v) is 2.61. The summed E-state index contributed by atoms with van der Waals surface area (Å²) in [6, 6.07) is 0. The van der Waals surface area contributed by atoms with E-state index in [1.165, 1.54) is 0 Å². The second-order valence-electron chi connectivity index (χ2n) is 3.16. The maximum Gasteiger partial charge on any atom is 0.109 e. The summed E-state index contributed by atoms with van der Waals surface area (Å²) in [5.74, 6) is 0.322. The van der Waals surface area contributed by atoms with Gasteiger partial charge in [0.25, 0.3) is 0 Å². The van der Waals surface area contributed by atoms with E-state index in [4.69, 9.17) is 11.6 Å². The Hall–Kier alpha value is -0.560. The minimum Gasteiger partial charge on any atom is -0.241 e. The summed E-state index contributed by atoms with van der Waals surface area (Å²) in [5.41, 5.74) is 1.83. The number of rotatable bonds is 4. The van der Waals surface area contributed by atoms with Crippen molar-refractivity contribution >= 4 is 16.8 Å². The number of halogens is 1. The smallest absolute Gasteiger partial charge is 0.109 e. The van der Waals surface area contributed by atoms with Crippen molar-refractivity contribution in [3.63, 3.8) is 0 Å². The molecule has 1 unspecified atom stereocenters. The molecule has 0 bridgehead atoms. The van der Waals surface area contributed by atoms with E-state index in [2.05, 4.69) is 25.4 Å². The molecule has 0 spiro atoms. The van der Waals surface area contributed by atoms with Crippen LogP contribution < -0.4 is 0 Å². The Morgan fingerprint density at radius 3 is 2.54 bits per heavy atom. The van der Waals surface area contributed by atoms with Crippen LogP contribution in [0.15, 0.2) is 28.9 Å². The van der Waals surface area contributed by atoms with Crippen LogP contribution in [0.5, 0.6) is 0 Å².